The van der Waals surface area contributed by atoms with Gasteiger partial charge >= 0.3 is 0 Å². The quantitative estimate of drug-likeness (QED) is 0.324. The van der Waals surface area contributed by atoms with Crippen LogP contribution in [-0.2, 0) is 4.79 Å². The average molecular weight is 493 g/mol. The highest BCUT2D eigenvalue weighted by Gasteiger charge is 2.35. The SMILES string of the molecule is CCCOc1ccc([C@H]2Oc3nc(SCC(C)C)nnc3-c3ccccc3N2C(=O)CCC)cc1. The van der Waals surface area contributed by atoms with Crippen molar-refractivity contribution in [2.24, 2.45) is 5.92 Å². The van der Waals surface area contributed by atoms with Crippen LogP contribution in [-0.4, -0.2) is 33.4 Å². The van der Waals surface area contributed by atoms with Gasteiger partial charge in [-0.25, -0.2) is 0 Å². The molecule has 1 amide bonds. The average Bonchev–Trinajstić information content (AvgIpc) is 3.01. The van der Waals surface area contributed by atoms with E-state index in [9.17, 15) is 4.79 Å². The standard InChI is InChI=1S/C27H32N4O3S/c1-5-9-23(32)31-22-11-8-7-10-21(22)24-25(28-27(30-29-24)35-17-18(3)4)34-26(31)19-12-14-20(15-13-19)33-16-6-2/h7-8,10-15,18,26H,5-6,9,16-17H2,1-4H3/t26-/m1/s1. The molecule has 35 heavy (non-hydrogen) atoms. The second kappa shape index (κ2) is 11.5. The molecule has 0 bridgehead atoms. The van der Waals surface area contributed by atoms with Gasteiger partial charge in [-0.3, -0.25) is 9.69 Å². The van der Waals surface area contributed by atoms with E-state index in [4.69, 9.17) is 14.5 Å². The van der Waals surface area contributed by atoms with Crippen molar-refractivity contribution in [1.29, 1.82) is 0 Å². The van der Waals surface area contributed by atoms with Crippen molar-refractivity contribution in [2.45, 2.75) is 58.3 Å². The zero-order valence-corrected chi connectivity index (χ0v) is 21.5. The Bertz CT molecular complexity index is 1150. The lowest BCUT2D eigenvalue weighted by atomic mass is 10.1. The van der Waals surface area contributed by atoms with Crippen LogP contribution in [0.15, 0.2) is 53.7 Å². The molecular weight excluding hydrogens is 460 g/mol. The Morgan fingerprint density at radius 1 is 1.09 bits per heavy atom. The Labute approximate surface area is 211 Å². The minimum Gasteiger partial charge on any atom is -0.494 e. The van der Waals surface area contributed by atoms with Gasteiger partial charge in [0.05, 0.1) is 12.3 Å². The summed E-state index contributed by atoms with van der Waals surface area (Å²) >= 11 is 1.55. The molecule has 1 aliphatic rings. The fraction of sp³-hybridized carbons (Fsp3) is 0.407. The Hall–Kier alpha value is -3.13. The topological polar surface area (TPSA) is 77.4 Å². The second-order valence-electron chi connectivity index (χ2n) is 8.87. The monoisotopic (exact) mass is 492 g/mol. The van der Waals surface area contributed by atoms with Crippen molar-refractivity contribution in [3.8, 4) is 22.9 Å². The lowest BCUT2D eigenvalue weighted by Crippen LogP contribution is -2.37. The number of carbonyl (C=O) groups is 1. The van der Waals surface area contributed by atoms with E-state index < -0.39 is 6.23 Å². The highest BCUT2D eigenvalue weighted by Crippen LogP contribution is 2.43. The maximum absolute atomic E-state index is 13.5. The summed E-state index contributed by atoms with van der Waals surface area (Å²) in [4.78, 5) is 19.9. The first-order chi connectivity index (χ1) is 17.0. The molecule has 0 radical (unpaired) electrons. The van der Waals surface area contributed by atoms with Gasteiger partial charge in [-0.05, 0) is 49.1 Å². The molecule has 7 nitrogen and oxygen atoms in total. The Morgan fingerprint density at radius 3 is 2.57 bits per heavy atom. The number of para-hydroxylation sites is 1. The highest BCUT2D eigenvalue weighted by atomic mass is 32.2. The van der Waals surface area contributed by atoms with Crippen molar-refractivity contribution >= 4 is 23.4 Å². The van der Waals surface area contributed by atoms with E-state index in [1.54, 1.807) is 16.7 Å². The van der Waals surface area contributed by atoms with Crippen molar-refractivity contribution < 1.29 is 14.3 Å². The van der Waals surface area contributed by atoms with Crippen molar-refractivity contribution in [3.05, 3.63) is 54.1 Å². The molecule has 0 spiro atoms. The van der Waals surface area contributed by atoms with E-state index >= 15 is 0 Å². The molecule has 0 fully saturated rings. The first-order valence-electron chi connectivity index (χ1n) is 12.2. The number of thioether (sulfide) groups is 1. The summed E-state index contributed by atoms with van der Waals surface area (Å²) in [5, 5.41) is 9.41. The molecule has 0 saturated heterocycles. The lowest BCUT2D eigenvalue weighted by Gasteiger charge is -2.31. The molecule has 1 aliphatic heterocycles. The molecule has 1 atom stereocenters. The Morgan fingerprint density at radius 2 is 1.86 bits per heavy atom. The number of carbonyl (C=O) groups excluding carboxylic acids is 1. The molecule has 0 N–H and O–H groups in total. The van der Waals surface area contributed by atoms with Gasteiger partial charge in [0.2, 0.25) is 23.2 Å². The Kier molecular flexibility index (Phi) is 8.23. The number of hydrogen-bond donors (Lipinski definition) is 0. The van der Waals surface area contributed by atoms with Crippen molar-refractivity contribution in [3.63, 3.8) is 0 Å². The number of amides is 1. The normalized spacial score (nSPS) is 14.7. The van der Waals surface area contributed by atoms with Gasteiger partial charge in [0, 0.05) is 23.3 Å². The number of hydrogen-bond acceptors (Lipinski definition) is 7. The largest absolute Gasteiger partial charge is 0.494 e. The van der Waals surface area contributed by atoms with Gasteiger partial charge in [-0.2, -0.15) is 4.98 Å². The van der Waals surface area contributed by atoms with Gasteiger partial charge < -0.3 is 9.47 Å². The fourth-order valence-corrected chi connectivity index (χ4v) is 4.51. The van der Waals surface area contributed by atoms with Gasteiger partial charge in [-0.1, -0.05) is 57.7 Å². The first kappa shape index (κ1) is 25.0. The third-order valence-electron chi connectivity index (χ3n) is 5.43. The summed E-state index contributed by atoms with van der Waals surface area (Å²) in [6, 6.07) is 15.4. The number of rotatable bonds is 9. The van der Waals surface area contributed by atoms with Crippen molar-refractivity contribution in [1.82, 2.24) is 15.2 Å². The van der Waals surface area contributed by atoms with E-state index in [0.29, 0.717) is 35.7 Å². The number of ether oxygens (including phenoxy) is 2. The van der Waals surface area contributed by atoms with E-state index in [1.807, 2.05) is 55.5 Å². The van der Waals surface area contributed by atoms with Crippen LogP contribution in [0.5, 0.6) is 11.6 Å². The molecule has 0 saturated carbocycles. The molecule has 0 aliphatic carbocycles. The van der Waals surface area contributed by atoms with Gasteiger partial charge in [0.1, 0.15) is 5.75 Å². The number of nitrogens with zero attached hydrogens (tertiary/aromatic N) is 4. The van der Waals surface area contributed by atoms with Crippen LogP contribution in [0.4, 0.5) is 5.69 Å². The number of fused-ring (bicyclic) bond motifs is 3. The van der Waals surface area contributed by atoms with Crippen molar-refractivity contribution in [2.75, 3.05) is 17.3 Å². The summed E-state index contributed by atoms with van der Waals surface area (Å²) in [7, 11) is 0. The lowest BCUT2D eigenvalue weighted by molar-refractivity contribution is -0.120. The van der Waals surface area contributed by atoms with Gasteiger partial charge in [0.15, 0.2) is 5.69 Å². The molecular formula is C27H32N4O3S. The number of anilines is 1. The summed E-state index contributed by atoms with van der Waals surface area (Å²) in [5.74, 6) is 2.51. The molecule has 1 aromatic heterocycles. The zero-order chi connectivity index (χ0) is 24.8. The summed E-state index contributed by atoms with van der Waals surface area (Å²) in [6.45, 7) is 9.02. The molecule has 2 aromatic carbocycles. The van der Waals surface area contributed by atoms with E-state index in [1.165, 1.54) is 0 Å². The Balaban J connectivity index is 1.81. The van der Waals surface area contributed by atoms with Crippen LogP contribution in [0, 0.1) is 5.92 Å². The van der Waals surface area contributed by atoms with Gasteiger partial charge in [0.25, 0.3) is 0 Å². The maximum atomic E-state index is 13.5. The summed E-state index contributed by atoms with van der Waals surface area (Å²) < 4.78 is 12.3. The van der Waals surface area contributed by atoms with E-state index in [-0.39, 0.29) is 5.91 Å². The van der Waals surface area contributed by atoms with Crippen LogP contribution < -0.4 is 14.4 Å². The third kappa shape index (κ3) is 5.75. The first-order valence-corrected chi connectivity index (χ1v) is 13.2. The maximum Gasteiger partial charge on any atom is 0.247 e. The summed E-state index contributed by atoms with van der Waals surface area (Å²) in [6.07, 6.45) is 1.37. The summed E-state index contributed by atoms with van der Waals surface area (Å²) in [5.41, 5.74) is 2.88. The van der Waals surface area contributed by atoms with Gasteiger partial charge in [-0.15, -0.1) is 10.2 Å². The molecule has 4 rings (SSSR count). The van der Waals surface area contributed by atoms with E-state index in [2.05, 4.69) is 31.0 Å². The molecule has 0 unspecified atom stereocenters. The molecule has 3 aromatic rings. The third-order valence-corrected chi connectivity index (χ3v) is 6.69. The minimum atomic E-state index is -0.698. The molecule has 184 valence electrons. The molecule has 2 heterocycles. The smallest absolute Gasteiger partial charge is 0.247 e. The number of benzene rings is 2. The second-order valence-corrected chi connectivity index (χ2v) is 9.86. The van der Waals surface area contributed by atoms with Crippen LogP contribution in [0.3, 0.4) is 0 Å². The van der Waals surface area contributed by atoms with Crippen LogP contribution in [0.25, 0.3) is 11.3 Å². The predicted molar refractivity (Wildman–Crippen MR) is 139 cm³/mol. The minimum absolute atomic E-state index is 0.0218. The zero-order valence-electron chi connectivity index (χ0n) is 20.7. The predicted octanol–water partition coefficient (Wildman–Crippen LogP) is 6.30. The van der Waals surface area contributed by atoms with Crippen LogP contribution >= 0.6 is 11.8 Å². The fourth-order valence-electron chi connectivity index (χ4n) is 3.79. The van der Waals surface area contributed by atoms with E-state index in [0.717, 1.165) is 41.2 Å². The molecule has 8 heteroatoms. The van der Waals surface area contributed by atoms with Crippen LogP contribution in [0.2, 0.25) is 0 Å². The number of aromatic nitrogens is 3. The highest BCUT2D eigenvalue weighted by molar-refractivity contribution is 7.99. The van der Waals surface area contributed by atoms with Crippen LogP contribution in [0.1, 0.15) is 58.7 Å².